The highest BCUT2D eigenvalue weighted by Gasteiger charge is 2.29. The minimum atomic E-state index is 0.831. The lowest BCUT2D eigenvalue weighted by atomic mass is 9.95. The van der Waals surface area contributed by atoms with Crippen molar-refractivity contribution in [3.63, 3.8) is 0 Å². The van der Waals surface area contributed by atoms with Crippen molar-refractivity contribution in [2.75, 3.05) is 45.8 Å². The first-order valence-corrected chi connectivity index (χ1v) is 13.4. The molecule has 31 heavy (non-hydrogen) atoms. The molecule has 5 heteroatoms. The maximum atomic E-state index is 4.81. The molecule has 3 aliphatic rings. The molecule has 1 atom stereocenters. The van der Waals surface area contributed by atoms with Crippen LogP contribution in [0.3, 0.4) is 0 Å². The lowest BCUT2D eigenvalue weighted by molar-refractivity contribution is 0.0911. The molecule has 176 valence electrons. The molecule has 4 rings (SSSR count). The van der Waals surface area contributed by atoms with Crippen LogP contribution in [0.1, 0.15) is 81.7 Å². The van der Waals surface area contributed by atoms with E-state index in [-0.39, 0.29) is 0 Å². The minimum Gasteiger partial charge on any atom is -0.302 e. The van der Waals surface area contributed by atoms with Crippen molar-refractivity contribution < 1.29 is 0 Å². The highest BCUT2D eigenvalue weighted by atomic mass is 15.3. The van der Waals surface area contributed by atoms with Gasteiger partial charge in [0.15, 0.2) is 0 Å². The summed E-state index contributed by atoms with van der Waals surface area (Å²) in [5.41, 5.74) is 4.08. The van der Waals surface area contributed by atoms with Crippen LogP contribution < -0.4 is 0 Å². The third-order valence-electron chi connectivity index (χ3n) is 8.30. The van der Waals surface area contributed by atoms with E-state index in [1.807, 2.05) is 0 Å². The fourth-order valence-electron chi connectivity index (χ4n) is 6.41. The molecule has 1 aliphatic carbocycles. The van der Waals surface area contributed by atoms with E-state index in [0.29, 0.717) is 0 Å². The molecule has 1 saturated carbocycles. The van der Waals surface area contributed by atoms with Gasteiger partial charge in [-0.25, -0.2) is 0 Å². The summed E-state index contributed by atoms with van der Waals surface area (Å²) in [6, 6.07) is 0.886. The van der Waals surface area contributed by atoms with E-state index in [9.17, 15) is 0 Å². The normalized spacial score (nSPS) is 24.5. The van der Waals surface area contributed by atoms with Crippen molar-refractivity contribution in [2.45, 2.75) is 97.7 Å². The number of rotatable bonds is 9. The van der Waals surface area contributed by atoms with Gasteiger partial charge < -0.3 is 9.80 Å². The van der Waals surface area contributed by atoms with Gasteiger partial charge in [0.2, 0.25) is 0 Å². The minimum absolute atomic E-state index is 0.831. The van der Waals surface area contributed by atoms with E-state index >= 15 is 0 Å². The predicted octanol–water partition coefficient (Wildman–Crippen LogP) is 4.46. The average molecular weight is 430 g/mol. The summed E-state index contributed by atoms with van der Waals surface area (Å²) in [5.74, 6) is 0.831. The Morgan fingerprint density at radius 2 is 1.71 bits per heavy atom. The number of likely N-dealkylation sites (tertiary alicyclic amines) is 2. The topological polar surface area (TPSA) is 27.5 Å². The van der Waals surface area contributed by atoms with Crippen LogP contribution in [0.5, 0.6) is 0 Å². The number of hydrogen-bond acceptors (Lipinski definition) is 4. The SMILES string of the molecule is CCn1nc(C)c(CN(CCN2CCCCC2)CC2CCCN(C3CCCC3)C2)c1C. The lowest BCUT2D eigenvalue weighted by Crippen LogP contribution is -2.46. The zero-order valence-corrected chi connectivity index (χ0v) is 20.6. The van der Waals surface area contributed by atoms with Gasteiger partial charge in [-0.3, -0.25) is 9.58 Å². The van der Waals surface area contributed by atoms with E-state index < -0.39 is 0 Å². The van der Waals surface area contributed by atoms with Gasteiger partial charge in [0.25, 0.3) is 0 Å². The van der Waals surface area contributed by atoms with E-state index in [1.54, 1.807) is 0 Å². The summed E-state index contributed by atoms with van der Waals surface area (Å²) in [7, 11) is 0. The second-order valence-corrected chi connectivity index (χ2v) is 10.5. The molecule has 0 amide bonds. The van der Waals surface area contributed by atoms with Crippen molar-refractivity contribution in [3.8, 4) is 0 Å². The highest BCUT2D eigenvalue weighted by molar-refractivity contribution is 5.24. The highest BCUT2D eigenvalue weighted by Crippen LogP contribution is 2.28. The van der Waals surface area contributed by atoms with Gasteiger partial charge in [-0.15, -0.1) is 0 Å². The predicted molar refractivity (Wildman–Crippen MR) is 129 cm³/mol. The summed E-state index contributed by atoms with van der Waals surface area (Å²) in [6.45, 7) is 17.7. The fraction of sp³-hybridized carbons (Fsp3) is 0.885. The molecule has 0 spiro atoms. The number of hydrogen-bond donors (Lipinski definition) is 0. The van der Waals surface area contributed by atoms with E-state index in [0.717, 1.165) is 25.0 Å². The summed E-state index contributed by atoms with van der Waals surface area (Å²) in [4.78, 5) is 8.35. The van der Waals surface area contributed by atoms with Crippen molar-refractivity contribution in [3.05, 3.63) is 17.0 Å². The second-order valence-electron chi connectivity index (χ2n) is 10.5. The summed E-state index contributed by atoms with van der Waals surface area (Å²) < 4.78 is 2.19. The van der Waals surface area contributed by atoms with Crippen molar-refractivity contribution >= 4 is 0 Å². The maximum absolute atomic E-state index is 4.81. The number of piperidine rings is 2. The van der Waals surface area contributed by atoms with Gasteiger partial charge in [-0.2, -0.15) is 5.10 Å². The van der Waals surface area contributed by atoms with Crippen LogP contribution in [-0.2, 0) is 13.1 Å². The van der Waals surface area contributed by atoms with Gasteiger partial charge in [0, 0.05) is 56.6 Å². The fourth-order valence-corrected chi connectivity index (χ4v) is 6.41. The Kier molecular flexibility index (Phi) is 8.47. The van der Waals surface area contributed by atoms with Crippen LogP contribution in [0, 0.1) is 19.8 Å². The van der Waals surface area contributed by atoms with Crippen LogP contribution in [0.15, 0.2) is 0 Å². The smallest absolute Gasteiger partial charge is 0.0641 e. The van der Waals surface area contributed by atoms with Gasteiger partial charge in [-0.1, -0.05) is 19.3 Å². The van der Waals surface area contributed by atoms with Crippen LogP contribution >= 0.6 is 0 Å². The molecule has 1 unspecified atom stereocenters. The molecule has 3 fully saturated rings. The van der Waals surface area contributed by atoms with Crippen LogP contribution in [0.25, 0.3) is 0 Å². The summed E-state index contributed by atoms with van der Waals surface area (Å²) in [5, 5.41) is 4.81. The quantitative estimate of drug-likeness (QED) is 0.579. The van der Waals surface area contributed by atoms with E-state index in [1.165, 1.54) is 121 Å². The lowest BCUT2D eigenvalue weighted by Gasteiger charge is -2.39. The first-order valence-electron chi connectivity index (χ1n) is 13.4. The Bertz CT molecular complexity index is 672. The maximum Gasteiger partial charge on any atom is 0.0641 e. The van der Waals surface area contributed by atoms with E-state index in [2.05, 4.69) is 40.2 Å². The molecular formula is C26H47N5. The molecule has 1 aromatic rings. The van der Waals surface area contributed by atoms with Gasteiger partial charge in [0.05, 0.1) is 5.69 Å². The monoisotopic (exact) mass is 429 g/mol. The number of nitrogens with zero attached hydrogens (tertiary/aromatic N) is 5. The molecule has 0 radical (unpaired) electrons. The van der Waals surface area contributed by atoms with Crippen molar-refractivity contribution in [1.82, 2.24) is 24.5 Å². The zero-order chi connectivity index (χ0) is 21.6. The molecule has 2 saturated heterocycles. The van der Waals surface area contributed by atoms with Gasteiger partial charge in [-0.05, 0) is 84.8 Å². The van der Waals surface area contributed by atoms with Gasteiger partial charge >= 0.3 is 0 Å². The first kappa shape index (κ1) is 23.3. The molecular weight excluding hydrogens is 382 g/mol. The Hall–Kier alpha value is -0.910. The molecule has 2 aliphatic heterocycles. The van der Waals surface area contributed by atoms with Crippen LogP contribution in [-0.4, -0.2) is 76.3 Å². The van der Waals surface area contributed by atoms with Crippen molar-refractivity contribution in [2.24, 2.45) is 5.92 Å². The molecule has 1 aromatic heterocycles. The molecule has 0 N–H and O–H groups in total. The Morgan fingerprint density at radius 3 is 2.42 bits per heavy atom. The Balaban J connectivity index is 1.40. The number of aromatic nitrogens is 2. The largest absolute Gasteiger partial charge is 0.302 e. The molecule has 5 nitrogen and oxygen atoms in total. The van der Waals surface area contributed by atoms with Crippen LogP contribution in [0.2, 0.25) is 0 Å². The summed E-state index contributed by atoms with van der Waals surface area (Å²) in [6.07, 6.45) is 12.8. The second kappa shape index (κ2) is 11.3. The number of aryl methyl sites for hydroxylation is 2. The standard InChI is InChI=1S/C26H47N5/c1-4-31-23(3)26(22(2)27-31)21-29(18-17-28-14-8-5-9-15-28)19-24-11-10-16-30(20-24)25-12-6-7-13-25/h24-25H,4-21H2,1-3H3. The Morgan fingerprint density at radius 1 is 0.935 bits per heavy atom. The molecule has 0 bridgehead atoms. The van der Waals surface area contributed by atoms with Crippen molar-refractivity contribution in [1.29, 1.82) is 0 Å². The molecule has 3 heterocycles. The van der Waals surface area contributed by atoms with Gasteiger partial charge in [0.1, 0.15) is 0 Å². The third-order valence-corrected chi connectivity index (χ3v) is 8.30. The van der Waals surface area contributed by atoms with E-state index in [4.69, 9.17) is 5.10 Å². The summed E-state index contributed by atoms with van der Waals surface area (Å²) >= 11 is 0. The average Bonchev–Trinajstić information content (AvgIpc) is 3.42. The first-order chi connectivity index (χ1) is 15.1. The third kappa shape index (κ3) is 6.11. The Labute approximate surface area is 191 Å². The zero-order valence-electron chi connectivity index (χ0n) is 20.6. The van der Waals surface area contributed by atoms with Crippen LogP contribution in [0.4, 0.5) is 0 Å². The molecule has 0 aromatic carbocycles.